The molecule has 1 N–H and O–H groups in total. The number of hydrogen-bond donors (Lipinski definition) is 1. The van der Waals surface area contributed by atoms with Crippen LogP contribution in [-0.2, 0) is 9.53 Å². The number of hydrogen-bond acceptors (Lipinski definition) is 4. The first kappa shape index (κ1) is 17.4. The van der Waals surface area contributed by atoms with Crippen LogP contribution in [0.5, 0.6) is 0 Å². The Morgan fingerprint density at radius 1 is 1.43 bits per heavy atom. The summed E-state index contributed by atoms with van der Waals surface area (Å²) in [4.78, 5) is 24.5. The van der Waals surface area contributed by atoms with Crippen molar-refractivity contribution >= 4 is 23.4 Å². The first-order valence-corrected chi connectivity index (χ1v) is 7.56. The van der Waals surface area contributed by atoms with Crippen molar-refractivity contribution in [1.29, 1.82) is 0 Å². The summed E-state index contributed by atoms with van der Waals surface area (Å²) in [6.07, 6.45) is 3.08. The Bertz CT molecular complexity index is 684. The Labute approximate surface area is 137 Å². The monoisotopic (exact) mass is 343 g/mol. The van der Waals surface area contributed by atoms with Crippen LogP contribution in [0.1, 0.15) is 35.7 Å². The zero-order valence-electron chi connectivity index (χ0n) is 12.7. The lowest BCUT2D eigenvalue weighted by molar-refractivity contribution is -0.138. The molecule has 0 heterocycles. The molecule has 0 amide bonds. The molecular weight excluding hydrogens is 328 g/mol. The molecular formula is C16H16ClF2NO3. The van der Waals surface area contributed by atoms with Gasteiger partial charge in [0.25, 0.3) is 0 Å². The zero-order valence-corrected chi connectivity index (χ0v) is 13.5. The van der Waals surface area contributed by atoms with Crippen molar-refractivity contribution in [3.05, 3.63) is 45.6 Å². The van der Waals surface area contributed by atoms with E-state index in [9.17, 15) is 18.4 Å². The zero-order chi connectivity index (χ0) is 17.1. The predicted molar refractivity (Wildman–Crippen MR) is 81.3 cm³/mol. The number of halogens is 3. The van der Waals surface area contributed by atoms with Gasteiger partial charge < -0.3 is 10.1 Å². The Balaban J connectivity index is 2.40. The highest BCUT2D eigenvalue weighted by atomic mass is 35.5. The van der Waals surface area contributed by atoms with Crippen LogP contribution in [-0.4, -0.2) is 24.4 Å². The van der Waals surface area contributed by atoms with Crippen molar-refractivity contribution in [2.75, 3.05) is 6.61 Å². The van der Waals surface area contributed by atoms with Crippen LogP contribution < -0.4 is 5.32 Å². The van der Waals surface area contributed by atoms with Crippen molar-refractivity contribution in [2.45, 2.75) is 32.7 Å². The molecule has 0 spiro atoms. The third-order valence-electron chi connectivity index (χ3n) is 3.41. The predicted octanol–water partition coefficient (Wildman–Crippen LogP) is 3.31. The fourth-order valence-corrected chi connectivity index (χ4v) is 2.16. The molecule has 0 aromatic heterocycles. The lowest BCUT2D eigenvalue weighted by Crippen LogP contribution is -2.21. The molecule has 1 aliphatic rings. The van der Waals surface area contributed by atoms with E-state index in [0.29, 0.717) is 0 Å². The topological polar surface area (TPSA) is 55.4 Å². The molecule has 0 radical (unpaired) electrons. The number of carbonyl (C=O) groups is 2. The van der Waals surface area contributed by atoms with E-state index in [0.717, 1.165) is 18.9 Å². The maximum absolute atomic E-state index is 13.9. The van der Waals surface area contributed by atoms with Crippen molar-refractivity contribution < 1.29 is 23.1 Å². The molecule has 124 valence electrons. The highest BCUT2D eigenvalue weighted by Crippen LogP contribution is 2.28. The van der Waals surface area contributed by atoms with Crippen molar-refractivity contribution in [3.63, 3.8) is 0 Å². The van der Waals surface area contributed by atoms with E-state index in [1.807, 2.05) is 0 Å². The normalized spacial score (nSPS) is 14.6. The summed E-state index contributed by atoms with van der Waals surface area (Å²) in [6.45, 7) is 2.87. The number of carbonyl (C=O) groups excluding carboxylic acids is 2. The summed E-state index contributed by atoms with van der Waals surface area (Å²) in [7, 11) is 0. The number of rotatable bonds is 6. The summed E-state index contributed by atoms with van der Waals surface area (Å²) in [5.74, 6) is -3.69. The minimum atomic E-state index is -1.02. The van der Waals surface area contributed by atoms with Gasteiger partial charge in [-0.3, -0.25) is 4.79 Å². The summed E-state index contributed by atoms with van der Waals surface area (Å²) in [5.41, 5.74) is -1.04. The average molecular weight is 344 g/mol. The van der Waals surface area contributed by atoms with Crippen LogP contribution in [0, 0.1) is 18.6 Å². The summed E-state index contributed by atoms with van der Waals surface area (Å²) in [5, 5.41) is 2.37. The minimum absolute atomic E-state index is 0.0667. The Hall–Kier alpha value is -1.95. The number of nitrogens with one attached hydrogen (secondary N) is 1. The van der Waals surface area contributed by atoms with E-state index in [-0.39, 0.29) is 23.8 Å². The molecule has 2 rings (SSSR count). The molecule has 1 aliphatic carbocycles. The van der Waals surface area contributed by atoms with Gasteiger partial charge in [0.05, 0.1) is 11.6 Å². The standard InChI is InChI=1S/C16H16ClF2NO3/c1-3-23-16(22)11(7-20-9-4-5-9)15(21)10-6-12(18)8(2)14(19)13(10)17/h6-7,9,20H,3-5H2,1-2H3. The largest absolute Gasteiger partial charge is 0.462 e. The van der Waals surface area contributed by atoms with E-state index in [4.69, 9.17) is 16.3 Å². The second-order valence-electron chi connectivity index (χ2n) is 5.21. The molecule has 0 saturated heterocycles. The molecule has 0 bridgehead atoms. The van der Waals surface area contributed by atoms with Gasteiger partial charge in [0, 0.05) is 23.4 Å². The molecule has 1 saturated carbocycles. The molecule has 1 aromatic rings. The number of benzene rings is 1. The number of esters is 1. The van der Waals surface area contributed by atoms with Crippen LogP contribution in [0.2, 0.25) is 5.02 Å². The van der Waals surface area contributed by atoms with Crippen LogP contribution in [0.3, 0.4) is 0 Å². The lowest BCUT2D eigenvalue weighted by Gasteiger charge is -2.10. The molecule has 0 aliphatic heterocycles. The molecule has 0 unspecified atom stereocenters. The molecule has 7 heteroatoms. The minimum Gasteiger partial charge on any atom is -0.462 e. The lowest BCUT2D eigenvalue weighted by atomic mass is 10.0. The van der Waals surface area contributed by atoms with Gasteiger partial charge >= 0.3 is 5.97 Å². The fourth-order valence-electron chi connectivity index (χ4n) is 1.87. The molecule has 1 aromatic carbocycles. The Kier molecular flexibility index (Phi) is 5.36. The van der Waals surface area contributed by atoms with Gasteiger partial charge in [-0.25, -0.2) is 13.6 Å². The summed E-state index contributed by atoms with van der Waals surface area (Å²) < 4.78 is 32.4. The molecule has 23 heavy (non-hydrogen) atoms. The average Bonchev–Trinajstić information content (AvgIpc) is 3.33. The summed E-state index contributed by atoms with van der Waals surface area (Å²) in [6, 6.07) is 1.02. The van der Waals surface area contributed by atoms with E-state index in [1.165, 1.54) is 13.1 Å². The third kappa shape index (κ3) is 3.88. The first-order chi connectivity index (χ1) is 10.9. The maximum Gasteiger partial charge on any atom is 0.343 e. The Morgan fingerprint density at radius 3 is 2.65 bits per heavy atom. The van der Waals surface area contributed by atoms with Gasteiger partial charge in [-0.2, -0.15) is 0 Å². The Morgan fingerprint density at radius 2 is 2.09 bits per heavy atom. The quantitative estimate of drug-likeness (QED) is 0.215. The van der Waals surface area contributed by atoms with E-state index < -0.39 is 34.0 Å². The van der Waals surface area contributed by atoms with Crippen LogP contribution >= 0.6 is 11.6 Å². The van der Waals surface area contributed by atoms with Gasteiger partial charge in [-0.15, -0.1) is 0 Å². The SMILES string of the molecule is CCOC(=O)C(=CNC1CC1)C(=O)c1cc(F)c(C)c(F)c1Cl. The van der Waals surface area contributed by atoms with Gasteiger partial charge in [-0.05, 0) is 32.8 Å². The van der Waals surface area contributed by atoms with Gasteiger partial charge in [-0.1, -0.05) is 11.6 Å². The van der Waals surface area contributed by atoms with Gasteiger partial charge in [0.1, 0.15) is 17.2 Å². The number of ketones is 1. The van der Waals surface area contributed by atoms with Crippen molar-refractivity contribution in [1.82, 2.24) is 5.32 Å². The number of Topliss-reactive ketones (excluding diaryl/α,β-unsaturated/α-hetero) is 1. The maximum atomic E-state index is 13.9. The highest BCUT2D eigenvalue weighted by Gasteiger charge is 2.28. The molecule has 0 atom stereocenters. The van der Waals surface area contributed by atoms with E-state index in [1.54, 1.807) is 6.92 Å². The van der Waals surface area contributed by atoms with Crippen LogP contribution in [0.15, 0.2) is 17.8 Å². The van der Waals surface area contributed by atoms with E-state index >= 15 is 0 Å². The van der Waals surface area contributed by atoms with E-state index in [2.05, 4.69) is 5.32 Å². The second kappa shape index (κ2) is 7.08. The van der Waals surface area contributed by atoms with Crippen molar-refractivity contribution in [2.24, 2.45) is 0 Å². The second-order valence-corrected chi connectivity index (χ2v) is 5.59. The highest BCUT2D eigenvalue weighted by molar-refractivity contribution is 6.37. The van der Waals surface area contributed by atoms with Crippen LogP contribution in [0.25, 0.3) is 0 Å². The van der Waals surface area contributed by atoms with Gasteiger partial charge in [0.2, 0.25) is 5.78 Å². The third-order valence-corrected chi connectivity index (χ3v) is 3.78. The van der Waals surface area contributed by atoms with Crippen LogP contribution in [0.4, 0.5) is 8.78 Å². The number of ether oxygens (including phenoxy) is 1. The fraction of sp³-hybridized carbons (Fsp3) is 0.375. The summed E-state index contributed by atoms with van der Waals surface area (Å²) >= 11 is 5.80. The smallest absolute Gasteiger partial charge is 0.343 e. The van der Waals surface area contributed by atoms with Crippen molar-refractivity contribution in [3.8, 4) is 0 Å². The molecule has 1 fully saturated rings. The van der Waals surface area contributed by atoms with Gasteiger partial charge in [0.15, 0.2) is 0 Å². The molecule has 4 nitrogen and oxygen atoms in total. The first-order valence-electron chi connectivity index (χ1n) is 7.18.